The first kappa shape index (κ1) is 17.7. The molecule has 2 fully saturated rings. The molecule has 5 atom stereocenters. The van der Waals surface area contributed by atoms with Gasteiger partial charge in [0.05, 0.1) is 0 Å². The molecule has 0 bridgehead atoms. The summed E-state index contributed by atoms with van der Waals surface area (Å²) in [5, 5.41) is 1.20. The van der Waals surface area contributed by atoms with Gasteiger partial charge in [-0.3, -0.25) is 4.79 Å². The number of furan rings is 1. The third-order valence-electron chi connectivity index (χ3n) is 9.23. The summed E-state index contributed by atoms with van der Waals surface area (Å²) in [6.45, 7) is 4.96. The van der Waals surface area contributed by atoms with Crippen LogP contribution >= 0.6 is 0 Å². The maximum atomic E-state index is 12.0. The third-order valence-corrected chi connectivity index (χ3v) is 9.23. The monoisotopic (exact) mass is 386 g/mol. The van der Waals surface area contributed by atoms with Crippen LogP contribution in [-0.4, -0.2) is 5.78 Å². The lowest BCUT2D eigenvalue weighted by Crippen LogP contribution is -2.49. The maximum Gasteiger partial charge on any atom is 0.155 e. The number of ketones is 1. The zero-order valence-electron chi connectivity index (χ0n) is 17.5. The van der Waals surface area contributed by atoms with E-state index in [2.05, 4.69) is 50.3 Å². The van der Waals surface area contributed by atoms with E-state index in [-0.39, 0.29) is 10.8 Å². The number of fused-ring (bicyclic) bond motifs is 6. The molecule has 0 aliphatic heterocycles. The highest BCUT2D eigenvalue weighted by Crippen LogP contribution is 2.66. The van der Waals surface area contributed by atoms with E-state index in [1.54, 1.807) is 0 Å². The fraction of sp³-hybridized carbons (Fsp3) is 0.519. The largest absolute Gasteiger partial charge is 0.456 e. The third kappa shape index (κ3) is 2.38. The van der Waals surface area contributed by atoms with Crippen LogP contribution in [-0.2, 0) is 4.79 Å². The minimum atomic E-state index is 0.219. The number of carbonyl (C=O) groups excluding carboxylic acids is 1. The second-order valence-electron chi connectivity index (χ2n) is 10.4. The Kier molecular flexibility index (Phi) is 3.65. The van der Waals surface area contributed by atoms with Gasteiger partial charge in [-0.15, -0.1) is 0 Å². The van der Waals surface area contributed by atoms with Gasteiger partial charge in [-0.2, -0.15) is 0 Å². The molecule has 0 spiro atoms. The van der Waals surface area contributed by atoms with Crippen LogP contribution in [0, 0.1) is 28.6 Å². The minimum absolute atomic E-state index is 0.219. The highest BCUT2D eigenvalue weighted by molar-refractivity contribution is 5.91. The molecule has 150 valence electrons. The predicted octanol–water partition coefficient (Wildman–Crippen LogP) is 6.96. The maximum absolute atomic E-state index is 12.0. The lowest BCUT2D eigenvalue weighted by molar-refractivity contribution is -0.117. The smallest absolute Gasteiger partial charge is 0.155 e. The molecule has 1 aromatic heterocycles. The van der Waals surface area contributed by atoms with E-state index in [0.29, 0.717) is 11.7 Å². The first-order valence-electron chi connectivity index (χ1n) is 11.4. The molecule has 4 aliphatic rings. The highest BCUT2D eigenvalue weighted by atomic mass is 16.3. The fourth-order valence-electron chi connectivity index (χ4n) is 7.62. The van der Waals surface area contributed by atoms with Crippen molar-refractivity contribution in [2.45, 2.75) is 58.8 Å². The van der Waals surface area contributed by atoms with Gasteiger partial charge in [0.25, 0.3) is 0 Å². The molecule has 0 N–H and O–H groups in total. The van der Waals surface area contributed by atoms with Crippen molar-refractivity contribution in [1.82, 2.24) is 0 Å². The molecule has 2 nitrogen and oxygen atoms in total. The van der Waals surface area contributed by atoms with Gasteiger partial charge >= 0.3 is 0 Å². The second-order valence-corrected chi connectivity index (χ2v) is 10.4. The number of allylic oxidation sites excluding steroid dienone is 4. The average Bonchev–Trinajstić information content (AvgIpc) is 3.28. The fourth-order valence-corrected chi connectivity index (χ4v) is 7.62. The average molecular weight is 387 g/mol. The van der Waals surface area contributed by atoms with Crippen LogP contribution in [0.25, 0.3) is 16.5 Å². The summed E-state index contributed by atoms with van der Waals surface area (Å²) in [4.78, 5) is 12.0. The topological polar surface area (TPSA) is 30.2 Å². The summed E-state index contributed by atoms with van der Waals surface area (Å²) >= 11 is 0. The Bertz CT molecular complexity index is 1040. The van der Waals surface area contributed by atoms with Gasteiger partial charge in [-0.25, -0.2) is 0 Å². The molecule has 0 unspecified atom stereocenters. The van der Waals surface area contributed by atoms with Crippen LogP contribution in [0.5, 0.6) is 0 Å². The standard InChI is InChI=1S/C27H30O2/c1-26-13-11-19(28)16-18(26)7-8-20-21-9-10-23(27(21,2)14-12-22(20)26)25-15-17-5-3-4-6-24(17)29-25/h3-6,10,15-16,20-22H,7-9,11-14H2,1-2H3/t20-,21-,22-,26-,27-/m0/s1. The van der Waals surface area contributed by atoms with Crippen molar-refractivity contribution in [2.24, 2.45) is 28.6 Å². The lowest BCUT2D eigenvalue weighted by Gasteiger charge is -2.57. The molecular formula is C27H30O2. The zero-order valence-corrected chi connectivity index (χ0v) is 17.5. The summed E-state index contributed by atoms with van der Waals surface area (Å²) in [6.07, 6.45) is 12.4. The van der Waals surface area contributed by atoms with Gasteiger partial charge in [0.15, 0.2) is 5.78 Å². The molecule has 0 amide bonds. The summed E-state index contributed by atoms with van der Waals surface area (Å²) in [6, 6.07) is 10.6. The minimum Gasteiger partial charge on any atom is -0.456 e. The number of hydrogen-bond donors (Lipinski definition) is 0. The van der Waals surface area contributed by atoms with Crippen molar-refractivity contribution in [3.63, 3.8) is 0 Å². The summed E-state index contributed by atoms with van der Waals surface area (Å²) in [5.41, 5.74) is 4.37. The van der Waals surface area contributed by atoms with Crippen molar-refractivity contribution in [2.75, 3.05) is 0 Å². The Morgan fingerprint density at radius 3 is 2.72 bits per heavy atom. The van der Waals surface area contributed by atoms with Crippen molar-refractivity contribution in [1.29, 1.82) is 0 Å². The molecule has 1 heterocycles. The molecular weight excluding hydrogens is 356 g/mol. The highest BCUT2D eigenvalue weighted by Gasteiger charge is 2.57. The quantitative estimate of drug-likeness (QED) is 0.530. The van der Waals surface area contributed by atoms with Crippen molar-refractivity contribution >= 4 is 22.3 Å². The van der Waals surface area contributed by atoms with Gasteiger partial charge in [-0.1, -0.05) is 43.7 Å². The number of hydrogen-bond acceptors (Lipinski definition) is 2. The van der Waals surface area contributed by atoms with Crippen molar-refractivity contribution < 1.29 is 9.21 Å². The van der Waals surface area contributed by atoms with Crippen LogP contribution < -0.4 is 0 Å². The number of rotatable bonds is 1. The molecule has 6 rings (SSSR count). The molecule has 2 heteroatoms. The molecule has 0 radical (unpaired) electrons. The van der Waals surface area contributed by atoms with E-state index in [0.717, 1.165) is 42.4 Å². The van der Waals surface area contributed by atoms with E-state index >= 15 is 0 Å². The first-order valence-corrected chi connectivity index (χ1v) is 11.4. The van der Waals surface area contributed by atoms with Gasteiger partial charge < -0.3 is 4.42 Å². The second kappa shape index (κ2) is 5.97. The molecule has 29 heavy (non-hydrogen) atoms. The van der Waals surface area contributed by atoms with E-state index in [4.69, 9.17) is 4.42 Å². The molecule has 4 aliphatic carbocycles. The molecule has 2 saturated carbocycles. The number of carbonyl (C=O) groups is 1. The molecule has 0 saturated heterocycles. The van der Waals surface area contributed by atoms with Crippen LogP contribution in [0.3, 0.4) is 0 Å². The molecule has 1 aromatic carbocycles. The van der Waals surface area contributed by atoms with Gasteiger partial charge in [0.1, 0.15) is 11.3 Å². The SMILES string of the molecule is C[C@]12CCC(=O)C=C1CC[C@@H]1[C@@H]2CC[C@]2(C)C(c3cc4ccccc4o3)=CC[C@@H]12. The Hall–Kier alpha value is -2.09. The van der Waals surface area contributed by atoms with Crippen LogP contribution in [0.15, 0.2) is 52.5 Å². The summed E-state index contributed by atoms with van der Waals surface area (Å²) in [5.74, 6) is 3.64. The van der Waals surface area contributed by atoms with E-state index in [1.165, 1.54) is 42.2 Å². The molecule has 2 aromatic rings. The van der Waals surface area contributed by atoms with E-state index in [1.807, 2.05) is 6.08 Å². The van der Waals surface area contributed by atoms with Crippen LogP contribution in [0.4, 0.5) is 0 Å². The Morgan fingerprint density at radius 1 is 1.00 bits per heavy atom. The first-order chi connectivity index (χ1) is 14.0. The van der Waals surface area contributed by atoms with Crippen LogP contribution in [0.1, 0.15) is 64.6 Å². The summed E-state index contributed by atoms with van der Waals surface area (Å²) in [7, 11) is 0. The number of benzene rings is 1. The van der Waals surface area contributed by atoms with E-state index in [9.17, 15) is 4.79 Å². The van der Waals surface area contributed by atoms with E-state index < -0.39 is 0 Å². The van der Waals surface area contributed by atoms with Crippen molar-refractivity contribution in [3.05, 3.63) is 53.8 Å². The zero-order chi connectivity index (χ0) is 19.8. The number of para-hydroxylation sites is 1. The van der Waals surface area contributed by atoms with Crippen molar-refractivity contribution in [3.8, 4) is 0 Å². The summed E-state index contributed by atoms with van der Waals surface area (Å²) < 4.78 is 6.30. The van der Waals surface area contributed by atoms with Gasteiger partial charge in [0.2, 0.25) is 0 Å². The Balaban J connectivity index is 1.35. The Morgan fingerprint density at radius 2 is 1.86 bits per heavy atom. The van der Waals surface area contributed by atoms with Gasteiger partial charge in [0, 0.05) is 11.8 Å². The van der Waals surface area contributed by atoms with Gasteiger partial charge in [-0.05, 0) is 90.9 Å². The van der Waals surface area contributed by atoms with Crippen LogP contribution in [0.2, 0.25) is 0 Å². The predicted molar refractivity (Wildman–Crippen MR) is 116 cm³/mol. The Labute approximate surface area is 173 Å². The normalized spacial score (nSPS) is 38.8. The lowest BCUT2D eigenvalue weighted by atomic mass is 9.47.